The third kappa shape index (κ3) is 4.78. The average molecular weight is 292 g/mol. The van der Waals surface area contributed by atoms with Crippen LogP contribution in [0.5, 0.6) is 0 Å². The second kappa shape index (κ2) is 6.33. The van der Waals surface area contributed by atoms with Gasteiger partial charge in [-0.3, -0.25) is 0 Å². The molecule has 0 aliphatic carbocycles. The van der Waals surface area contributed by atoms with Crippen molar-refractivity contribution < 1.29 is 8.42 Å². The predicted molar refractivity (Wildman–Crippen MR) is 73.9 cm³/mol. The molecule has 1 N–H and O–H groups in total. The van der Waals surface area contributed by atoms with Crippen molar-refractivity contribution in [1.29, 1.82) is 0 Å². The lowest BCUT2D eigenvalue weighted by Crippen LogP contribution is -2.12. The summed E-state index contributed by atoms with van der Waals surface area (Å²) in [4.78, 5) is 8.09. The van der Waals surface area contributed by atoms with Crippen molar-refractivity contribution in [3.63, 3.8) is 0 Å². The number of rotatable bonds is 6. The van der Waals surface area contributed by atoms with Gasteiger partial charge in [-0.1, -0.05) is 25.4 Å². The SMILES string of the molecule is CC(C)c1c(Cl)ncnc1NCCCS(C)(=O)=O. The smallest absolute Gasteiger partial charge is 0.147 e. The van der Waals surface area contributed by atoms with E-state index in [-0.39, 0.29) is 11.7 Å². The molecule has 1 aromatic heterocycles. The van der Waals surface area contributed by atoms with Gasteiger partial charge in [-0.2, -0.15) is 0 Å². The van der Waals surface area contributed by atoms with Crippen LogP contribution < -0.4 is 5.32 Å². The highest BCUT2D eigenvalue weighted by atomic mass is 35.5. The Morgan fingerprint density at radius 1 is 1.39 bits per heavy atom. The number of anilines is 1. The molecule has 0 bridgehead atoms. The van der Waals surface area contributed by atoms with E-state index in [2.05, 4.69) is 15.3 Å². The van der Waals surface area contributed by atoms with E-state index in [1.54, 1.807) is 0 Å². The standard InChI is InChI=1S/C11H18ClN3O2S/c1-8(2)9-10(12)14-7-15-11(9)13-5-4-6-18(3,16)17/h7-8H,4-6H2,1-3H3,(H,13,14,15). The second-order valence-corrected chi connectivity index (χ2v) is 7.11. The molecule has 0 saturated heterocycles. The van der Waals surface area contributed by atoms with Crippen molar-refractivity contribution in [2.75, 3.05) is 23.9 Å². The van der Waals surface area contributed by atoms with Crippen LogP contribution in [0.4, 0.5) is 5.82 Å². The normalized spacial score (nSPS) is 11.8. The van der Waals surface area contributed by atoms with E-state index >= 15 is 0 Å². The number of nitrogens with zero attached hydrogens (tertiary/aromatic N) is 2. The summed E-state index contributed by atoms with van der Waals surface area (Å²) in [7, 11) is -2.91. The van der Waals surface area contributed by atoms with Crippen LogP contribution in [-0.4, -0.2) is 36.9 Å². The Labute approximate surface area is 113 Å². The van der Waals surface area contributed by atoms with E-state index in [0.717, 1.165) is 5.56 Å². The molecular weight excluding hydrogens is 274 g/mol. The van der Waals surface area contributed by atoms with Gasteiger partial charge >= 0.3 is 0 Å². The van der Waals surface area contributed by atoms with Gasteiger partial charge in [0.1, 0.15) is 27.1 Å². The lowest BCUT2D eigenvalue weighted by molar-refractivity contribution is 0.600. The zero-order valence-corrected chi connectivity index (χ0v) is 12.3. The van der Waals surface area contributed by atoms with E-state index in [9.17, 15) is 8.42 Å². The molecular formula is C11H18ClN3O2S. The molecule has 7 heteroatoms. The molecule has 1 aromatic rings. The van der Waals surface area contributed by atoms with Gasteiger partial charge in [0.15, 0.2) is 0 Å². The summed E-state index contributed by atoms with van der Waals surface area (Å²) in [5.41, 5.74) is 0.860. The first-order valence-electron chi connectivity index (χ1n) is 5.73. The van der Waals surface area contributed by atoms with Gasteiger partial charge < -0.3 is 5.32 Å². The summed E-state index contributed by atoms with van der Waals surface area (Å²) in [5.74, 6) is 1.05. The van der Waals surface area contributed by atoms with Crippen LogP contribution in [0.25, 0.3) is 0 Å². The van der Waals surface area contributed by atoms with Crippen LogP contribution in [0.1, 0.15) is 31.7 Å². The highest BCUT2D eigenvalue weighted by Gasteiger charge is 2.13. The fourth-order valence-electron chi connectivity index (χ4n) is 1.57. The van der Waals surface area contributed by atoms with Crippen molar-refractivity contribution in [2.24, 2.45) is 0 Å². The topological polar surface area (TPSA) is 72.0 Å². The van der Waals surface area contributed by atoms with E-state index in [1.807, 2.05) is 13.8 Å². The molecule has 102 valence electrons. The second-order valence-electron chi connectivity index (χ2n) is 4.49. The summed E-state index contributed by atoms with van der Waals surface area (Å²) < 4.78 is 22.0. The Hall–Kier alpha value is -0.880. The van der Waals surface area contributed by atoms with Gasteiger partial charge in [0.2, 0.25) is 0 Å². The molecule has 18 heavy (non-hydrogen) atoms. The molecule has 1 heterocycles. The average Bonchev–Trinajstić information content (AvgIpc) is 2.22. The van der Waals surface area contributed by atoms with Gasteiger partial charge in [-0.05, 0) is 12.3 Å². The molecule has 0 unspecified atom stereocenters. The summed E-state index contributed by atoms with van der Waals surface area (Å²) in [6.45, 7) is 4.55. The lowest BCUT2D eigenvalue weighted by atomic mass is 10.1. The summed E-state index contributed by atoms with van der Waals surface area (Å²) in [5, 5.41) is 3.54. The number of hydrogen-bond acceptors (Lipinski definition) is 5. The minimum atomic E-state index is -2.91. The molecule has 0 aromatic carbocycles. The third-order valence-corrected chi connectivity index (χ3v) is 3.73. The van der Waals surface area contributed by atoms with Crippen LogP contribution in [0.15, 0.2) is 6.33 Å². The van der Waals surface area contributed by atoms with E-state index in [1.165, 1.54) is 12.6 Å². The highest BCUT2D eigenvalue weighted by Crippen LogP contribution is 2.27. The fraction of sp³-hybridized carbons (Fsp3) is 0.636. The van der Waals surface area contributed by atoms with Gasteiger partial charge in [0.25, 0.3) is 0 Å². The van der Waals surface area contributed by atoms with Crippen molar-refractivity contribution >= 4 is 27.3 Å². The summed E-state index contributed by atoms with van der Waals surface area (Å²) in [6.07, 6.45) is 3.17. The third-order valence-electron chi connectivity index (χ3n) is 2.40. The maximum absolute atomic E-state index is 11.0. The Balaban J connectivity index is 2.65. The summed E-state index contributed by atoms with van der Waals surface area (Å²) >= 11 is 6.02. The van der Waals surface area contributed by atoms with Crippen molar-refractivity contribution in [3.8, 4) is 0 Å². The predicted octanol–water partition coefficient (Wildman–Crippen LogP) is 2.10. The van der Waals surface area contributed by atoms with Gasteiger partial charge in [0, 0.05) is 18.4 Å². The molecule has 0 aliphatic heterocycles. The molecule has 0 fully saturated rings. The number of aromatic nitrogens is 2. The van der Waals surface area contributed by atoms with Crippen LogP contribution in [-0.2, 0) is 9.84 Å². The largest absolute Gasteiger partial charge is 0.370 e. The Kier molecular flexibility index (Phi) is 5.34. The molecule has 0 radical (unpaired) electrons. The number of nitrogens with one attached hydrogen (secondary N) is 1. The molecule has 0 aliphatic rings. The van der Waals surface area contributed by atoms with Crippen molar-refractivity contribution in [3.05, 3.63) is 17.0 Å². The van der Waals surface area contributed by atoms with Crippen LogP contribution in [0.2, 0.25) is 5.15 Å². The van der Waals surface area contributed by atoms with Crippen LogP contribution in [0.3, 0.4) is 0 Å². The lowest BCUT2D eigenvalue weighted by Gasteiger charge is -2.13. The molecule has 1 rings (SSSR count). The maximum Gasteiger partial charge on any atom is 0.147 e. The highest BCUT2D eigenvalue weighted by molar-refractivity contribution is 7.90. The number of halogens is 1. The first-order chi connectivity index (χ1) is 8.31. The first-order valence-corrected chi connectivity index (χ1v) is 8.17. The zero-order chi connectivity index (χ0) is 13.8. The first kappa shape index (κ1) is 15.2. The number of hydrogen-bond donors (Lipinski definition) is 1. The fourth-order valence-corrected chi connectivity index (χ4v) is 2.59. The van der Waals surface area contributed by atoms with Gasteiger partial charge in [0.05, 0.1) is 5.75 Å². The Morgan fingerprint density at radius 2 is 2.06 bits per heavy atom. The minimum Gasteiger partial charge on any atom is -0.370 e. The monoisotopic (exact) mass is 291 g/mol. The zero-order valence-electron chi connectivity index (χ0n) is 10.8. The van der Waals surface area contributed by atoms with Crippen LogP contribution >= 0.6 is 11.6 Å². The molecule has 0 atom stereocenters. The maximum atomic E-state index is 11.0. The van der Waals surface area contributed by atoms with E-state index < -0.39 is 9.84 Å². The van der Waals surface area contributed by atoms with E-state index in [0.29, 0.717) is 23.9 Å². The molecule has 0 spiro atoms. The molecule has 0 amide bonds. The van der Waals surface area contributed by atoms with Gasteiger partial charge in [-0.25, -0.2) is 18.4 Å². The van der Waals surface area contributed by atoms with Crippen LogP contribution in [0, 0.1) is 0 Å². The Morgan fingerprint density at radius 3 is 2.61 bits per heavy atom. The molecule has 5 nitrogen and oxygen atoms in total. The Bertz CT molecular complexity index is 503. The number of sulfone groups is 1. The van der Waals surface area contributed by atoms with E-state index in [4.69, 9.17) is 11.6 Å². The summed E-state index contributed by atoms with van der Waals surface area (Å²) in [6, 6.07) is 0. The minimum absolute atomic E-state index is 0.163. The quantitative estimate of drug-likeness (QED) is 0.642. The van der Waals surface area contributed by atoms with Gasteiger partial charge in [-0.15, -0.1) is 0 Å². The van der Waals surface area contributed by atoms with Crippen molar-refractivity contribution in [1.82, 2.24) is 9.97 Å². The molecule has 0 saturated carbocycles. The van der Waals surface area contributed by atoms with Crippen molar-refractivity contribution in [2.45, 2.75) is 26.2 Å².